The van der Waals surface area contributed by atoms with E-state index < -0.39 is 23.2 Å². The third kappa shape index (κ3) is 5.60. The monoisotopic (exact) mass is 725 g/mol. The molecule has 1 amide bonds. The summed E-state index contributed by atoms with van der Waals surface area (Å²) in [6, 6.07) is 47.0. The molecule has 0 unspecified atom stereocenters. The molecular formula is C38H42N3O4Sb. The number of benzene rings is 5. The summed E-state index contributed by atoms with van der Waals surface area (Å²) in [6.07, 6.45) is 0. The number of carbonyl (C=O) groups is 1. The average molecular weight is 727 g/mol. The number of rotatable bonds is 10. The molecule has 0 aromatic heterocycles. The van der Waals surface area contributed by atoms with Crippen molar-refractivity contribution in [2.75, 3.05) is 19.6 Å². The Labute approximate surface area is 271 Å². The quantitative estimate of drug-likeness (QED) is 0.167. The molecule has 0 radical (unpaired) electrons. The number of hydrogen-bond acceptors (Lipinski definition) is 5. The molecule has 6 rings (SSSR count). The number of carbonyl (C=O) groups excluding carboxylic acids is 1. The van der Waals surface area contributed by atoms with Crippen molar-refractivity contribution in [3.05, 3.63) is 163 Å². The Morgan fingerprint density at radius 1 is 0.630 bits per heavy atom. The van der Waals surface area contributed by atoms with Gasteiger partial charge in [0.15, 0.2) is 0 Å². The third-order valence-corrected chi connectivity index (χ3v) is 25.4. The van der Waals surface area contributed by atoms with Crippen LogP contribution in [0.5, 0.6) is 0 Å². The summed E-state index contributed by atoms with van der Waals surface area (Å²) in [5.74, 6) is -0.181. The molecule has 238 valence electrons. The molecule has 46 heavy (non-hydrogen) atoms. The van der Waals surface area contributed by atoms with E-state index in [1.54, 1.807) is 29.2 Å². The molecule has 5 aromatic rings. The molecule has 8 heteroatoms. The van der Waals surface area contributed by atoms with Crippen molar-refractivity contribution < 1.29 is 18.9 Å². The zero-order valence-electron chi connectivity index (χ0n) is 26.6. The van der Waals surface area contributed by atoms with Gasteiger partial charge in [-0.3, -0.25) is 0 Å². The van der Waals surface area contributed by atoms with Crippen LogP contribution in [0.4, 0.5) is 0 Å². The molecule has 2 N–H and O–H groups in total. The summed E-state index contributed by atoms with van der Waals surface area (Å²) in [7, 11) is 0. The van der Waals surface area contributed by atoms with Gasteiger partial charge >= 0.3 is 227 Å². The summed E-state index contributed by atoms with van der Waals surface area (Å²) in [5.41, 5.74) is 3.90. The van der Waals surface area contributed by atoms with Gasteiger partial charge in [-0.2, -0.15) is 0 Å². The minimum atomic E-state index is -6.75. The van der Waals surface area contributed by atoms with Gasteiger partial charge in [0.25, 0.3) is 0 Å². The standard InChI is InChI=1S/C7H7NO2.C7H6NO2.C6H15N.3C6H5.Sb/c2*9-7(8-10)6-4-2-1-3-5-6;1-4-7(5-2)6-3;3*1-2-4-6-5-3-1;/h1-5,10H,(H,8,9);1-5H,(H-,8,9,10);4-6H2,1-3H3;3*1-5H;/q;-1;;;;;+2/p-1. The molecule has 0 bridgehead atoms. The number of oxime groups is 1. The van der Waals surface area contributed by atoms with E-state index >= 15 is 0 Å². The van der Waals surface area contributed by atoms with Crippen LogP contribution < -0.4 is 20.9 Å². The minimum absolute atomic E-state index is 0.259. The molecule has 0 saturated carbocycles. The van der Waals surface area contributed by atoms with Crippen LogP contribution in [0, 0.1) is 0 Å². The maximum atomic E-state index is 13.5. The van der Waals surface area contributed by atoms with Gasteiger partial charge in [0.05, 0.1) is 19.6 Å². The van der Waals surface area contributed by atoms with Crippen molar-refractivity contribution in [1.29, 1.82) is 0 Å². The van der Waals surface area contributed by atoms with Gasteiger partial charge in [0, 0.05) is 0 Å². The van der Waals surface area contributed by atoms with E-state index in [0.29, 0.717) is 21.7 Å². The van der Waals surface area contributed by atoms with Crippen LogP contribution in [-0.2, 0) is 9.25 Å². The zero-order chi connectivity index (χ0) is 32.4. The van der Waals surface area contributed by atoms with Gasteiger partial charge < -0.3 is 4.90 Å². The van der Waals surface area contributed by atoms with Crippen LogP contribution in [0.25, 0.3) is 0 Å². The first-order valence-electron chi connectivity index (χ1n) is 15.7. The van der Waals surface area contributed by atoms with Gasteiger partial charge in [-0.1, -0.05) is 0 Å². The molecule has 7 nitrogen and oxygen atoms in total. The van der Waals surface area contributed by atoms with E-state index in [1.807, 2.05) is 127 Å². The third-order valence-electron chi connectivity index (χ3n) is 8.51. The fourth-order valence-corrected chi connectivity index (χ4v) is 21.6. The first-order chi connectivity index (χ1) is 22.5. The van der Waals surface area contributed by atoms with Crippen LogP contribution in [0.2, 0.25) is 0 Å². The van der Waals surface area contributed by atoms with Crippen molar-refractivity contribution in [1.82, 2.24) is 5.48 Å². The predicted molar refractivity (Wildman–Crippen MR) is 187 cm³/mol. The van der Waals surface area contributed by atoms with Crippen molar-refractivity contribution in [2.45, 2.75) is 20.8 Å². The van der Waals surface area contributed by atoms with Gasteiger partial charge in [0.1, 0.15) is 0 Å². The number of hydrogen-bond donors (Lipinski definition) is 2. The van der Waals surface area contributed by atoms with Crippen molar-refractivity contribution >= 4 is 39.6 Å². The molecular weight excluding hydrogens is 684 g/mol. The molecule has 1 heterocycles. The Kier molecular flexibility index (Phi) is 9.97. The SMILES string of the molecule is CC[NH+](CC)CC.O=C(N[O][Sb-]1([c]2ccccc2)([c]2ccccc2)([c]2ccccc2)[O]N=C(c2ccccc2)[O]1)c1ccccc1. The van der Waals surface area contributed by atoms with Crippen LogP contribution in [0.1, 0.15) is 36.7 Å². The molecule has 0 saturated heterocycles. The molecule has 1 aliphatic heterocycles. The molecule has 0 fully saturated rings. The molecule has 0 aliphatic carbocycles. The van der Waals surface area contributed by atoms with Gasteiger partial charge in [-0.25, -0.2) is 0 Å². The van der Waals surface area contributed by atoms with Gasteiger partial charge in [0.2, 0.25) is 0 Å². The fourth-order valence-electron chi connectivity index (χ4n) is 5.82. The second kappa shape index (κ2) is 13.9. The molecule has 5 aromatic carbocycles. The van der Waals surface area contributed by atoms with Crippen LogP contribution in [-0.4, -0.2) is 48.7 Å². The summed E-state index contributed by atoms with van der Waals surface area (Å²) in [4.78, 5) is 15.2. The number of amides is 1. The van der Waals surface area contributed by atoms with E-state index in [-0.39, 0.29) is 5.90 Å². The topological polar surface area (TPSA) is 73.6 Å². The maximum absolute atomic E-state index is 13.5. The van der Waals surface area contributed by atoms with Gasteiger partial charge in [-0.15, -0.1) is 0 Å². The number of nitrogens with zero attached hydrogens (tertiary/aromatic N) is 1. The molecule has 0 atom stereocenters. The summed E-state index contributed by atoms with van der Waals surface area (Å²) in [5, 5.41) is 4.59. The zero-order valence-corrected chi connectivity index (χ0v) is 29.1. The van der Waals surface area contributed by atoms with E-state index in [4.69, 9.17) is 9.25 Å². The van der Waals surface area contributed by atoms with E-state index in [9.17, 15) is 4.79 Å². The Balaban J connectivity index is 0.000000537. The Morgan fingerprint density at radius 2 is 1.02 bits per heavy atom. The fraction of sp³-hybridized carbons (Fsp3) is 0.158. The first kappa shape index (κ1) is 33.0. The van der Waals surface area contributed by atoms with Crippen LogP contribution in [0.3, 0.4) is 0 Å². The second-order valence-electron chi connectivity index (χ2n) is 11.0. The summed E-state index contributed by atoms with van der Waals surface area (Å²) in [6.45, 7) is 10.5. The number of nitrogens with one attached hydrogen (secondary N) is 2. The van der Waals surface area contributed by atoms with Crippen molar-refractivity contribution in [3.63, 3.8) is 0 Å². The second-order valence-corrected chi connectivity index (χ2v) is 24.8. The predicted octanol–water partition coefficient (Wildman–Crippen LogP) is 4.26. The normalized spacial score (nSPS) is 16.8. The average Bonchev–Trinajstić information content (AvgIpc) is 3.54. The Hall–Kier alpha value is -4.42. The van der Waals surface area contributed by atoms with E-state index in [2.05, 4.69) is 31.4 Å². The van der Waals surface area contributed by atoms with E-state index in [1.165, 1.54) is 19.6 Å². The van der Waals surface area contributed by atoms with Crippen molar-refractivity contribution in [3.8, 4) is 0 Å². The van der Waals surface area contributed by atoms with E-state index in [0.717, 1.165) is 0 Å². The van der Waals surface area contributed by atoms with Crippen LogP contribution in [0.15, 0.2) is 157 Å². The number of quaternary nitrogens is 1. The van der Waals surface area contributed by atoms with Crippen LogP contribution >= 0.6 is 0 Å². The Morgan fingerprint density at radius 3 is 1.41 bits per heavy atom. The summed E-state index contributed by atoms with van der Waals surface area (Å²) >= 11 is -6.75. The van der Waals surface area contributed by atoms with Gasteiger partial charge in [-0.05, 0) is 20.8 Å². The first-order valence-corrected chi connectivity index (χ1v) is 22.7. The number of hydroxylamine groups is 1. The Bertz CT molecular complexity index is 1640. The summed E-state index contributed by atoms with van der Waals surface area (Å²) < 4.78 is 22.9. The molecule has 1 aliphatic rings. The molecule has 0 spiro atoms. The van der Waals surface area contributed by atoms with Crippen molar-refractivity contribution in [2.24, 2.45) is 5.16 Å².